The van der Waals surface area contributed by atoms with Crippen molar-refractivity contribution in [2.45, 2.75) is 43.4 Å². The van der Waals surface area contributed by atoms with E-state index in [1.807, 2.05) is 0 Å². The van der Waals surface area contributed by atoms with Gasteiger partial charge in [0.25, 0.3) is 5.91 Å². The first-order valence-corrected chi connectivity index (χ1v) is 13.2. The first-order valence-electron chi connectivity index (χ1n) is 11.4. The summed E-state index contributed by atoms with van der Waals surface area (Å²) < 4.78 is 27.9. The minimum absolute atomic E-state index is 0.0524. The number of H-pyrrole nitrogens is 1. The molecule has 0 aliphatic carbocycles. The molecule has 2 aliphatic rings. The number of anilines is 1. The summed E-state index contributed by atoms with van der Waals surface area (Å²) in [5.74, 6) is -0.872. The first-order chi connectivity index (χ1) is 15.8. The molecular formula is C23H29ClN4O4S. The molecule has 2 saturated heterocycles. The monoisotopic (exact) mass is 492 g/mol. The van der Waals surface area contributed by atoms with Crippen LogP contribution < -0.4 is 5.32 Å². The van der Waals surface area contributed by atoms with Gasteiger partial charge in [-0.15, -0.1) is 0 Å². The second-order valence-corrected chi connectivity index (χ2v) is 11.0. The van der Waals surface area contributed by atoms with Crippen molar-refractivity contribution in [1.29, 1.82) is 0 Å². The highest BCUT2D eigenvalue weighted by Gasteiger charge is 2.34. The van der Waals surface area contributed by atoms with E-state index in [2.05, 4.69) is 10.3 Å². The first kappa shape index (κ1) is 23.8. The Morgan fingerprint density at radius 2 is 1.79 bits per heavy atom. The fourth-order valence-corrected chi connectivity index (χ4v) is 6.13. The van der Waals surface area contributed by atoms with E-state index >= 15 is 0 Å². The Morgan fingerprint density at radius 1 is 1.03 bits per heavy atom. The van der Waals surface area contributed by atoms with Gasteiger partial charge in [-0.1, -0.05) is 30.5 Å². The number of nitrogens with zero attached hydrogens (tertiary/aromatic N) is 2. The minimum atomic E-state index is -3.83. The van der Waals surface area contributed by atoms with E-state index in [0.717, 1.165) is 25.7 Å². The molecule has 3 heterocycles. The molecule has 33 heavy (non-hydrogen) atoms. The number of carbonyl (C=O) groups excluding carboxylic acids is 2. The van der Waals surface area contributed by atoms with Crippen molar-refractivity contribution in [2.75, 3.05) is 31.5 Å². The van der Waals surface area contributed by atoms with Gasteiger partial charge in [0.05, 0.1) is 5.92 Å². The molecule has 1 aromatic heterocycles. The van der Waals surface area contributed by atoms with Crippen LogP contribution in [0.25, 0.3) is 0 Å². The number of carbonyl (C=O) groups is 2. The number of hydrogen-bond donors (Lipinski definition) is 2. The lowest BCUT2D eigenvalue weighted by Crippen LogP contribution is -2.43. The summed E-state index contributed by atoms with van der Waals surface area (Å²) in [7, 11) is -3.83. The predicted octanol–water partition coefficient (Wildman–Crippen LogP) is 3.72. The quantitative estimate of drug-likeness (QED) is 0.663. The number of likely N-dealkylation sites (tertiary alicyclic amines) is 1. The lowest BCUT2D eigenvalue weighted by Gasteiger charge is -2.31. The van der Waals surface area contributed by atoms with Crippen molar-refractivity contribution in [3.05, 3.63) is 47.2 Å². The van der Waals surface area contributed by atoms with Gasteiger partial charge >= 0.3 is 0 Å². The van der Waals surface area contributed by atoms with Crippen LogP contribution >= 0.6 is 11.6 Å². The number of halogens is 1. The molecule has 2 N–H and O–H groups in total. The summed E-state index contributed by atoms with van der Waals surface area (Å²) in [6.07, 6.45) is 6.69. The molecule has 4 rings (SSSR count). The summed E-state index contributed by atoms with van der Waals surface area (Å²) in [6, 6.07) is 8.27. The van der Waals surface area contributed by atoms with Crippen LogP contribution in [0.4, 0.5) is 5.69 Å². The average molecular weight is 493 g/mol. The summed E-state index contributed by atoms with van der Waals surface area (Å²) in [5.41, 5.74) is 0.859. The maximum atomic E-state index is 13.3. The molecule has 1 atom stereocenters. The number of nitrogens with one attached hydrogen (secondary N) is 2. The Labute approximate surface area is 199 Å². The van der Waals surface area contributed by atoms with E-state index in [1.165, 1.54) is 16.6 Å². The maximum Gasteiger partial charge on any atom is 0.270 e. The molecule has 0 spiro atoms. The lowest BCUT2D eigenvalue weighted by atomic mass is 9.99. The van der Waals surface area contributed by atoms with Crippen LogP contribution in [-0.4, -0.2) is 60.6 Å². The molecule has 2 fully saturated rings. The van der Waals surface area contributed by atoms with Crippen LogP contribution in [0, 0.1) is 5.92 Å². The zero-order valence-electron chi connectivity index (χ0n) is 18.4. The average Bonchev–Trinajstić information content (AvgIpc) is 3.16. The number of benzene rings is 1. The Kier molecular flexibility index (Phi) is 7.41. The number of hydrogen-bond acceptors (Lipinski definition) is 4. The van der Waals surface area contributed by atoms with Gasteiger partial charge in [-0.25, -0.2) is 8.42 Å². The fourth-order valence-electron chi connectivity index (χ4n) is 4.43. The molecule has 2 amide bonds. The molecule has 2 aliphatic heterocycles. The number of aromatic amines is 1. The van der Waals surface area contributed by atoms with Crippen LogP contribution in [0.5, 0.6) is 0 Å². The van der Waals surface area contributed by atoms with Crippen molar-refractivity contribution in [3.8, 4) is 0 Å². The molecule has 0 bridgehead atoms. The Bertz CT molecular complexity index is 1110. The predicted molar refractivity (Wildman–Crippen MR) is 127 cm³/mol. The number of aromatic nitrogens is 1. The normalized spacial score (nSPS) is 20.3. The van der Waals surface area contributed by atoms with Crippen molar-refractivity contribution in [2.24, 2.45) is 5.92 Å². The molecule has 8 nitrogen and oxygen atoms in total. The molecule has 0 unspecified atom stereocenters. The van der Waals surface area contributed by atoms with Crippen LogP contribution in [0.1, 0.15) is 49.0 Å². The van der Waals surface area contributed by atoms with E-state index in [9.17, 15) is 18.0 Å². The topological polar surface area (TPSA) is 103 Å². The molecule has 0 radical (unpaired) electrons. The summed E-state index contributed by atoms with van der Waals surface area (Å²) in [4.78, 5) is 30.3. The van der Waals surface area contributed by atoms with Gasteiger partial charge in [-0.3, -0.25) is 9.59 Å². The second kappa shape index (κ2) is 10.3. The van der Waals surface area contributed by atoms with E-state index < -0.39 is 15.9 Å². The number of amides is 2. The maximum absolute atomic E-state index is 13.3. The Hall–Kier alpha value is -2.36. The van der Waals surface area contributed by atoms with Gasteiger partial charge < -0.3 is 15.2 Å². The largest absolute Gasteiger partial charge is 0.356 e. The molecule has 1 aromatic carbocycles. The zero-order valence-corrected chi connectivity index (χ0v) is 20.0. The van der Waals surface area contributed by atoms with Gasteiger partial charge in [0.15, 0.2) is 0 Å². The summed E-state index contributed by atoms with van der Waals surface area (Å²) in [5, 5.41) is 3.34. The van der Waals surface area contributed by atoms with Gasteiger partial charge in [0, 0.05) is 43.1 Å². The van der Waals surface area contributed by atoms with Gasteiger partial charge in [-0.05, 0) is 49.9 Å². The Balaban J connectivity index is 1.43. The zero-order chi connectivity index (χ0) is 23.4. The smallest absolute Gasteiger partial charge is 0.270 e. The second-order valence-electron chi connectivity index (χ2n) is 8.66. The SMILES string of the molecule is O=C(Nc1cccc(Cl)c1)[C@H]1CCCN(S(=O)(=O)c2c[nH]c(C(=O)N3CCCCCC3)c2)C1. The van der Waals surface area contributed by atoms with Gasteiger partial charge in [-0.2, -0.15) is 4.31 Å². The standard InChI is InChI=1S/C23H29ClN4O4S/c24-18-8-5-9-19(13-18)26-22(29)17-7-6-12-28(16-17)33(31,32)20-14-21(25-15-20)23(30)27-10-3-1-2-4-11-27/h5,8-9,13-15,17,25H,1-4,6-7,10-12,16H2,(H,26,29)/t17-/m0/s1. The van der Waals surface area contributed by atoms with E-state index in [-0.39, 0.29) is 28.9 Å². The van der Waals surface area contributed by atoms with Crippen LogP contribution in [0.15, 0.2) is 41.4 Å². The van der Waals surface area contributed by atoms with E-state index in [0.29, 0.717) is 43.2 Å². The van der Waals surface area contributed by atoms with E-state index in [1.54, 1.807) is 29.2 Å². The van der Waals surface area contributed by atoms with Gasteiger partial charge in [0.1, 0.15) is 10.6 Å². The third-order valence-corrected chi connectivity index (χ3v) is 8.34. The van der Waals surface area contributed by atoms with Gasteiger partial charge in [0.2, 0.25) is 15.9 Å². The van der Waals surface area contributed by atoms with Crippen molar-refractivity contribution >= 4 is 39.1 Å². The summed E-state index contributed by atoms with van der Waals surface area (Å²) in [6.45, 7) is 1.81. The molecule has 0 saturated carbocycles. The van der Waals surface area contributed by atoms with Crippen molar-refractivity contribution in [1.82, 2.24) is 14.2 Å². The third-order valence-electron chi connectivity index (χ3n) is 6.27. The highest BCUT2D eigenvalue weighted by Crippen LogP contribution is 2.26. The highest BCUT2D eigenvalue weighted by molar-refractivity contribution is 7.89. The summed E-state index contributed by atoms with van der Waals surface area (Å²) >= 11 is 5.98. The third kappa shape index (κ3) is 5.59. The number of sulfonamides is 1. The Morgan fingerprint density at radius 3 is 2.52 bits per heavy atom. The molecule has 178 valence electrons. The van der Waals surface area contributed by atoms with E-state index in [4.69, 9.17) is 11.6 Å². The number of rotatable bonds is 5. The van der Waals surface area contributed by atoms with Crippen LogP contribution in [0.3, 0.4) is 0 Å². The van der Waals surface area contributed by atoms with Crippen LogP contribution in [0.2, 0.25) is 5.02 Å². The van der Waals surface area contributed by atoms with Crippen molar-refractivity contribution < 1.29 is 18.0 Å². The molecular weight excluding hydrogens is 464 g/mol. The molecule has 2 aromatic rings. The molecule has 10 heteroatoms. The fraction of sp³-hybridized carbons (Fsp3) is 0.478. The van der Waals surface area contributed by atoms with Crippen molar-refractivity contribution in [3.63, 3.8) is 0 Å². The highest BCUT2D eigenvalue weighted by atomic mass is 35.5. The number of piperidine rings is 1. The minimum Gasteiger partial charge on any atom is -0.356 e. The van der Waals surface area contributed by atoms with Crippen LogP contribution in [-0.2, 0) is 14.8 Å². The lowest BCUT2D eigenvalue weighted by molar-refractivity contribution is -0.120.